The monoisotopic (exact) mass is 256 g/mol. The van der Waals surface area contributed by atoms with Crippen molar-refractivity contribution in [2.45, 2.75) is 31.4 Å². The van der Waals surface area contributed by atoms with E-state index < -0.39 is 0 Å². The first-order valence-electron chi connectivity index (χ1n) is 6.89. The van der Waals surface area contributed by atoms with Crippen molar-refractivity contribution in [3.63, 3.8) is 0 Å². The summed E-state index contributed by atoms with van der Waals surface area (Å²) in [6.45, 7) is 3.07. The first kappa shape index (κ1) is 12.6. The molecule has 0 aliphatic carbocycles. The van der Waals surface area contributed by atoms with Gasteiger partial charge in [-0.2, -0.15) is 0 Å². The molecule has 19 heavy (non-hydrogen) atoms. The van der Waals surface area contributed by atoms with Crippen molar-refractivity contribution in [3.05, 3.63) is 42.1 Å². The number of benzene rings is 1. The average Bonchev–Trinajstić information content (AvgIpc) is 2.87. The predicted octanol–water partition coefficient (Wildman–Crippen LogP) is 3.06. The molecule has 2 aromatic rings. The van der Waals surface area contributed by atoms with Crippen LogP contribution < -0.4 is 5.32 Å². The van der Waals surface area contributed by atoms with E-state index in [1.54, 1.807) is 0 Å². The Labute approximate surface area is 114 Å². The minimum Gasteiger partial charge on any atom is -0.373 e. The highest BCUT2D eigenvalue weighted by Gasteiger charge is 2.38. The van der Waals surface area contributed by atoms with Gasteiger partial charge in [-0.05, 0) is 50.6 Å². The van der Waals surface area contributed by atoms with E-state index in [9.17, 15) is 0 Å². The van der Waals surface area contributed by atoms with Gasteiger partial charge in [0, 0.05) is 18.2 Å². The Kier molecular flexibility index (Phi) is 3.25. The molecule has 0 spiro atoms. The number of aromatic nitrogens is 1. The summed E-state index contributed by atoms with van der Waals surface area (Å²) in [6.07, 6.45) is 4.08. The summed E-state index contributed by atoms with van der Waals surface area (Å²) in [6, 6.07) is 10.8. The minimum atomic E-state index is -0.107. The molecule has 2 heterocycles. The molecule has 2 atom stereocenters. The van der Waals surface area contributed by atoms with Crippen LogP contribution in [0, 0.1) is 0 Å². The molecule has 2 unspecified atom stereocenters. The molecule has 3 heteroatoms. The SMILES string of the molecule is CNC(c1ccc2ncccc2c1)C1(C)CCCO1. The van der Waals surface area contributed by atoms with E-state index in [4.69, 9.17) is 4.74 Å². The third-order valence-corrected chi connectivity index (χ3v) is 4.11. The minimum absolute atomic E-state index is 0.107. The summed E-state index contributed by atoms with van der Waals surface area (Å²) in [7, 11) is 2.00. The summed E-state index contributed by atoms with van der Waals surface area (Å²) in [5, 5.41) is 4.60. The van der Waals surface area contributed by atoms with Crippen molar-refractivity contribution in [3.8, 4) is 0 Å². The summed E-state index contributed by atoms with van der Waals surface area (Å²) in [5.41, 5.74) is 2.20. The zero-order valence-electron chi connectivity index (χ0n) is 11.5. The number of rotatable bonds is 3. The number of nitrogens with zero attached hydrogens (tertiary/aromatic N) is 1. The summed E-state index contributed by atoms with van der Waals surface area (Å²) in [4.78, 5) is 4.37. The lowest BCUT2D eigenvalue weighted by Gasteiger charge is -2.33. The first-order chi connectivity index (χ1) is 9.23. The van der Waals surface area contributed by atoms with Gasteiger partial charge in [-0.15, -0.1) is 0 Å². The van der Waals surface area contributed by atoms with Crippen LogP contribution in [0.15, 0.2) is 36.5 Å². The maximum atomic E-state index is 5.98. The van der Waals surface area contributed by atoms with Crippen LogP contribution >= 0.6 is 0 Å². The number of ether oxygens (including phenoxy) is 1. The Morgan fingerprint density at radius 3 is 3.00 bits per heavy atom. The van der Waals surface area contributed by atoms with Crippen LogP contribution in [0.25, 0.3) is 10.9 Å². The Morgan fingerprint density at radius 1 is 1.37 bits per heavy atom. The second-order valence-electron chi connectivity index (χ2n) is 5.44. The molecule has 1 aliphatic heterocycles. The molecule has 0 saturated carbocycles. The topological polar surface area (TPSA) is 34.2 Å². The number of hydrogen-bond donors (Lipinski definition) is 1. The highest BCUT2D eigenvalue weighted by atomic mass is 16.5. The molecule has 1 aromatic heterocycles. The zero-order valence-corrected chi connectivity index (χ0v) is 11.5. The predicted molar refractivity (Wildman–Crippen MR) is 77.1 cm³/mol. The lowest BCUT2D eigenvalue weighted by atomic mass is 9.87. The fourth-order valence-electron chi connectivity index (χ4n) is 3.13. The van der Waals surface area contributed by atoms with Gasteiger partial charge in [0.05, 0.1) is 17.2 Å². The van der Waals surface area contributed by atoms with E-state index in [1.807, 2.05) is 19.3 Å². The van der Waals surface area contributed by atoms with E-state index in [0.29, 0.717) is 0 Å². The van der Waals surface area contributed by atoms with Gasteiger partial charge in [-0.25, -0.2) is 0 Å². The normalized spacial score (nSPS) is 24.7. The van der Waals surface area contributed by atoms with E-state index in [0.717, 1.165) is 25.0 Å². The zero-order chi connectivity index (χ0) is 13.3. The number of nitrogens with one attached hydrogen (secondary N) is 1. The number of hydrogen-bond acceptors (Lipinski definition) is 3. The summed E-state index contributed by atoms with van der Waals surface area (Å²) in [5.74, 6) is 0. The number of fused-ring (bicyclic) bond motifs is 1. The van der Waals surface area contributed by atoms with Crippen LogP contribution in [-0.2, 0) is 4.74 Å². The summed E-state index contributed by atoms with van der Waals surface area (Å²) >= 11 is 0. The third kappa shape index (κ3) is 2.24. The molecule has 3 nitrogen and oxygen atoms in total. The Hall–Kier alpha value is -1.45. The van der Waals surface area contributed by atoms with Gasteiger partial charge in [-0.1, -0.05) is 12.1 Å². The second-order valence-corrected chi connectivity index (χ2v) is 5.44. The largest absolute Gasteiger partial charge is 0.373 e. The molecule has 1 aromatic carbocycles. The summed E-state index contributed by atoms with van der Waals surface area (Å²) < 4.78 is 5.98. The van der Waals surface area contributed by atoms with Crippen LogP contribution in [0.3, 0.4) is 0 Å². The van der Waals surface area contributed by atoms with E-state index in [1.165, 1.54) is 10.9 Å². The molecule has 1 N–H and O–H groups in total. The Morgan fingerprint density at radius 2 is 2.26 bits per heavy atom. The number of pyridine rings is 1. The van der Waals surface area contributed by atoms with Crippen molar-refractivity contribution in [1.82, 2.24) is 10.3 Å². The van der Waals surface area contributed by atoms with Crippen LogP contribution in [0.5, 0.6) is 0 Å². The van der Waals surface area contributed by atoms with Crippen molar-refractivity contribution < 1.29 is 4.74 Å². The lowest BCUT2D eigenvalue weighted by molar-refractivity contribution is -0.0104. The molecule has 100 valence electrons. The quantitative estimate of drug-likeness (QED) is 0.916. The van der Waals surface area contributed by atoms with Crippen LogP contribution in [-0.4, -0.2) is 24.2 Å². The Balaban J connectivity index is 2.01. The van der Waals surface area contributed by atoms with Crippen LogP contribution in [0.1, 0.15) is 31.4 Å². The lowest BCUT2D eigenvalue weighted by Crippen LogP contribution is -2.39. The average molecular weight is 256 g/mol. The maximum Gasteiger partial charge on any atom is 0.0849 e. The van der Waals surface area contributed by atoms with Gasteiger partial charge < -0.3 is 10.1 Å². The molecular formula is C16H20N2O. The highest BCUT2D eigenvalue weighted by Crippen LogP contribution is 2.37. The fraction of sp³-hybridized carbons (Fsp3) is 0.438. The van der Waals surface area contributed by atoms with Gasteiger partial charge >= 0.3 is 0 Å². The number of likely N-dealkylation sites (N-methyl/N-ethyl adjacent to an activating group) is 1. The van der Waals surface area contributed by atoms with E-state index >= 15 is 0 Å². The van der Waals surface area contributed by atoms with Gasteiger partial charge in [0.15, 0.2) is 0 Å². The van der Waals surface area contributed by atoms with Gasteiger partial charge in [-0.3, -0.25) is 4.98 Å². The fourth-order valence-corrected chi connectivity index (χ4v) is 3.13. The first-order valence-corrected chi connectivity index (χ1v) is 6.89. The molecule has 0 bridgehead atoms. The van der Waals surface area contributed by atoms with Gasteiger partial charge in [0.1, 0.15) is 0 Å². The molecule has 1 fully saturated rings. The molecule has 1 aliphatic rings. The van der Waals surface area contributed by atoms with E-state index in [2.05, 4.69) is 41.5 Å². The maximum absolute atomic E-state index is 5.98. The molecule has 3 rings (SSSR count). The van der Waals surface area contributed by atoms with E-state index in [-0.39, 0.29) is 11.6 Å². The molecular weight excluding hydrogens is 236 g/mol. The van der Waals surface area contributed by atoms with Crippen LogP contribution in [0.2, 0.25) is 0 Å². The molecule has 0 radical (unpaired) electrons. The van der Waals surface area contributed by atoms with Crippen molar-refractivity contribution in [2.75, 3.05) is 13.7 Å². The smallest absolute Gasteiger partial charge is 0.0849 e. The van der Waals surface area contributed by atoms with Crippen molar-refractivity contribution in [1.29, 1.82) is 0 Å². The van der Waals surface area contributed by atoms with Crippen molar-refractivity contribution >= 4 is 10.9 Å². The van der Waals surface area contributed by atoms with Crippen LogP contribution in [0.4, 0.5) is 0 Å². The standard InChI is InChI=1S/C16H20N2O/c1-16(8-4-10-19-16)15(17-2)13-6-7-14-12(11-13)5-3-9-18-14/h3,5-7,9,11,15,17H,4,8,10H2,1-2H3. The highest BCUT2D eigenvalue weighted by molar-refractivity contribution is 5.79. The molecule has 1 saturated heterocycles. The third-order valence-electron chi connectivity index (χ3n) is 4.11. The van der Waals surface area contributed by atoms with Crippen molar-refractivity contribution in [2.24, 2.45) is 0 Å². The Bertz CT molecular complexity index is 576. The van der Waals surface area contributed by atoms with Gasteiger partial charge in [0.2, 0.25) is 0 Å². The molecule has 0 amide bonds. The van der Waals surface area contributed by atoms with Gasteiger partial charge in [0.25, 0.3) is 0 Å². The second kappa shape index (κ2) is 4.91.